The molecular formula is C20H31N3O3. The average Bonchev–Trinajstić information content (AvgIpc) is 2.67. The largest absolute Gasteiger partial charge is 0.466 e. The van der Waals surface area contributed by atoms with Crippen molar-refractivity contribution in [3.05, 3.63) is 35.9 Å². The van der Waals surface area contributed by atoms with Gasteiger partial charge in [0.25, 0.3) is 0 Å². The van der Waals surface area contributed by atoms with Gasteiger partial charge in [0.2, 0.25) is 0 Å². The molecule has 0 unspecified atom stereocenters. The van der Waals surface area contributed by atoms with E-state index in [1.807, 2.05) is 11.0 Å². The molecule has 6 nitrogen and oxygen atoms in total. The van der Waals surface area contributed by atoms with Gasteiger partial charge in [-0.05, 0) is 38.8 Å². The Morgan fingerprint density at radius 2 is 2.08 bits per heavy atom. The molecule has 1 atom stereocenters. The van der Waals surface area contributed by atoms with E-state index in [-0.39, 0.29) is 18.4 Å². The Kier molecular flexibility index (Phi) is 8.41. The lowest BCUT2D eigenvalue weighted by molar-refractivity contribution is -0.142. The molecule has 26 heavy (non-hydrogen) atoms. The van der Waals surface area contributed by atoms with E-state index in [0.717, 1.165) is 38.9 Å². The highest BCUT2D eigenvalue weighted by molar-refractivity contribution is 5.75. The van der Waals surface area contributed by atoms with E-state index in [1.165, 1.54) is 5.56 Å². The zero-order valence-electron chi connectivity index (χ0n) is 15.9. The minimum Gasteiger partial charge on any atom is -0.466 e. The summed E-state index contributed by atoms with van der Waals surface area (Å²) in [5.41, 5.74) is 1.34. The molecule has 1 fully saturated rings. The first kappa shape index (κ1) is 20.2. The van der Waals surface area contributed by atoms with Crippen LogP contribution in [0.25, 0.3) is 0 Å². The van der Waals surface area contributed by atoms with Crippen LogP contribution in [0.3, 0.4) is 0 Å². The Balaban J connectivity index is 1.73. The third-order valence-electron chi connectivity index (χ3n) is 4.81. The lowest BCUT2D eigenvalue weighted by atomic mass is 10.0. The summed E-state index contributed by atoms with van der Waals surface area (Å²) in [6.45, 7) is 4.95. The normalized spacial score (nSPS) is 17.2. The van der Waals surface area contributed by atoms with Gasteiger partial charge in [-0.25, -0.2) is 4.79 Å². The summed E-state index contributed by atoms with van der Waals surface area (Å²) in [5.74, 6) is -0.273. The van der Waals surface area contributed by atoms with Crippen LogP contribution in [0.5, 0.6) is 0 Å². The zero-order valence-corrected chi connectivity index (χ0v) is 15.9. The average molecular weight is 361 g/mol. The van der Waals surface area contributed by atoms with Crippen LogP contribution in [0.4, 0.5) is 4.79 Å². The third-order valence-corrected chi connectivity index (χ3v) is 4.81. The predicted molar refractivity (Wildman–Crippen MR) is 102 cm³/mol. The van der Waals surface area contributed by atoms with Crippen molar-refractivity contribution in [2.75, 3.05) is 39.8 Å². The predicted octanol–water partition coefficient (Wildman–Crippen LogP) is 2.29. The summed E-state index contributed by atoms with van der Waals surface area (Å²) >= 11 is 0. The number of nitrogens with zero attached hydrogens (tertiary/aromatic N) is 2. The highest BCUT2D eigenvalue weighted by Crippen LogP contribution is 2.15. The van der Waals surface area contributed by atoms with Gasteiger partial charge >= 0.3 is 12.0 Å². The van der Waals surface area contributed by atoms with Gasteiger partial charge < -0.3 is 19.9 Å². The molecule has 1 heterocycles. The minimum atomic E-state index is -0.273. The third kappa shape index (κ3) is 6.67. The summed E-state index contributed by atoms with van der Waals surface area (Å²) in [6.07, 6.45) is 3.34. The molecule has 1 aliphatic rings. The van der Waals surface area contributed by atoms with Gasteiger partial charge in [0.05, 0.1) is 13.0 Å². The van der Waals surface area contributed by atoms with Gasteiger partial charge in [0.1, 0.15) is 0 Å². The van der Waals surface area contributed by atoms with Gasteiger partial charge in [-0.1, -0.05) is 30.3 Å². The number of hydrogen-bond donors (Lipinski definition) is 1. The van der Waals surface area contributed by atoms with Crippen LogP contribution in [0.2, 0.25) is 0 Å². The summed E-state index contributed by atoms with van der Waals surface area (Å²) in [6, 6.07) is 10.8. The number of likely N-dealkylation sites (N-methyl/N-ethyl adjacent to an activating group) is 1. The Morgan fingerprint density at radius 3 is 2.81 bits per heavy atom. The first-order valence-electron chi connectivity index (χ1n) is 9.52. The number of piperidine rings is 1. The van der Waals surface area contributed by atoms with Crippen LogP contribution >= 0.6 is 0 Å². The van der Waals surface area contributed by atoms with E-state index in [1.54, 1.807) is 6.92 Å². The maximum absolute atomic E-state index is 12.3. The second-order valence-electron chi connectivity index (χ2n) is 6.75. The molecule has 2 rings (SSSR count). The molecule has 1 saturated heterocycles. The molecule has 2 amide bonds. The van der Waals surface area contributed by atoms with Crippen LogP contribution in [-0.2, 0) is 16.0 Å². The second-order valence-corrected chi connectivity index (χ2v) is 6.75. The SMILES string of the molecule is CCOC(=O)CCNC(=O)N1CCC[C@@H](N(C)CCc2ccccc2)C1. The topological polar surface area (TPSA) is 61.9 Å². The van der Waals surface area contributed by atoms with E-state index in [4.69, 9.17) is 4.74 Å². The number of benzene rings is 1. The number of likely N-dealkylation sites (tertiary alicyclic amines) is 1. The first-order chi connectivity index (χ1) is 12.6. The molecule has 0 bridgehead atoms. The number of esters is 1. The summed E-state index contributed by atoms with van der Waals surface area (Å²) in [7, 11) is 2.13. The van der Waals surface area contributed by atoms with Crippen molar-refractivity contribution in [2.45, 2.75) is 38.6 Å². The summed E-state index contributed by atoms with van der Waals surface area (Å²) < 4.78 is 4.87. The quantitative estimate of drug-likeness (QED) is 0.722. The number of nitrogens with one attached hydrogen (secondary N) is 1. The molecule has 1 aliphatic heterocycles. The van der Waals surface area contributed by atoms with E-state index >= 15 is 0 Å². The van der Waals surface area contributed by atoms with Crippen LogP contribution in [0.15, 0.2) is 30.3 Å². The zero-order chi connectivity index (χ0) is 18.8. The number of carbonyl (C=O) groups excluding carboxylic acids is 2. The van der Waals surface area contributed by atoms with E-state index in [9.17, 15) is 9.59 Å². The van der Waals surface area contributed by atoms with Crippen molar-refractivity contribution < 1.29 is 14.3 Å². The molecule has 1 aromatic carbocycles. The summed E-state index contributed by atoms with van der Waals surface area (Å²) in [5, 5.41) is 2.83. The van der Waals surface area contributed by atoms with Crippen molar-refractivity contribution >= 4 is 12.0 Å². The van der Waals surface area contributed by atoms with Crippen LogP contribution in [0.1, 0.15) is 31.7 Å². The summed E-state index contributed by atoms with van der Waals surface area (Å²) in [4.78, 5) is 27.9. The highest BCUT2D eigenvalue weighted by atomic mass is 16.5. The molecule has 6 heteroatoms. The first-order valence-corrected chi connectivity index (χ1v) is 9.52. The maximum Gasteiger partial charge on any atom is 0.317 e. The lowest BCUT2D eigenvalue weighted by Crippen LogP contribution is -2.52. The number of hydrogen-bond acceptors (Lipinski definition) is 4. The van der Waals surface area contributed by atoms with Gasteiger partial charge in [-0.3, -0.25) is 4.79 Å². The number of urea groups is 1. The van der Waals surface area contributed by atoms with Crippen molar-refractivity contribution in [3.8, 4) is 0 Å². The molecular weight excluding hydrogens is 330 g/mol. The molecule has 0 saturated carbocycles. The Bertz CT molecular complexity index is 565. The molecule has 144 valence electrons. The van der Waals surface area contributed by atoms with Crippen molar-refractivity contribution in [3.63, 3.8) is 0 Å². The van der Waals surface area contributed by atoms with E-state index in [2.05, 4.69) is 41.5 Å². The van der Waals surface area contributed by atoms with Crippen molar-refractivity contribution in [1.29, 1.82) is 0 Å². The molecule has 1 aromatic rings. The van der Waals surface area contributed by atoms with Crippen LogP contribution in [0, 0.1) is 0 Å². The minimum absolute atomic E-state index is 0.0875. The fourth-order valence-corrected chi connectivity index (χ4v) is 3.25. The van der Waals surface area contributed by atoms with Crippen molar-refractivity contribution in [2.24, 2.45) is 0 Å². The fourth-order valence-electron chi connectivity index (χ4n) is 3.25. The van der Waals surface area contributed by atoms with Gasteiger partial charge in [0.15, 0.2) is 0 Å². The molecule has 0 aliphatic carbocycles. The fraction of sp³-hybridized carbons (Fsp3) is 0.600. The molecule has 0 spiro atoms. The Labute approximate surface area is 156 Å². The second kappa shape index (κ2) is 10.8. The molecule has 1 N–H and O–H groups in total. The maximum atomic E-state index is 12.3. The van der Waals surface area contributed by atoms with E-state index in [0.29, 0.717) is 19.2 Å². The monoisotopic (exact) mass is 361 g/mol. The molecule has 0 aromatic heterocycles. The van der Waals surface area contributed by atoms with E-state index < -0.39 is 0 Å². The van der Waals surface area contributed by atoms with Gasteiger partial charge in [0, 0.05) is 32.2 Å². The number of ether oxygens (including phenoxy) is 1. The lowest BCUT2D eigenvalue weighted by Gasteiger charge is -2.37. The van der Waals surface area contributed by atoms with Crippen LogP contribution < -0.4 is 5.32 Å². The Hall–Kier alpha value is -2.08. The highest BCUT2D eigenvalue weighted by Gasteiger charge is 2.26. The number of carbonyl (C=O) groups is 2. The smallest absolute Gasteiger partial charge is 0.317 e. The number of amides is 2. The molecule has 0 radical (unpaired) electrons. The number of rotatable bonds is 8. The Morgan fingerprint density at radius 1 is 1.31 bits per heavy atom. The van der Waals surface area contributed by atoms with Gasteiger partial charge in [-0.2, -0.15) is 0 Å². The standard InChI is InChI=1S/C20H31N3O3/c1-3-26-19(24)11-13-21-20(25)23-14-7-10-18(16-23)22(2)15-12-17-8-5-4-6-9-17/h4-6,8-9,18H,3,7,10-16H2,1-2H3,(H,21,25)/t18-/m1/s1. The van der Waals surface area contributed by atoms with Gasteiger partial charge in [-0.15, -0.1) is 0 Å². The van der Waals surface area contributed by atoms with Crippen molar-refractivity contribution in [1.82, 2.24) is 15.1 Å². The van der Waals surface area contributed by atoms with Crippen LogP contribution in [-0.4, -0.2) is 67.7 Å².